The summed E-state index contributed by atoms with van der Waals surface area (Å²) < 4.78 is 5.85. The number of carbonyl (C=O) groups is 2. The molecule has 1 aromatic heterocycles. The summed E-state index contributed by atoms with van der Waals surface area (Å²) in [6, 6.07) is 14.0. The standard InChI is InChI=1S/C29H37N3O4/c1-20(16-21-8-6-5-7-9-21)25-17-26(25)32(28(35)36-29(2,3)4)24-12-14-31(15-13-24)19-23-11-10-22(18-30-23)27(33)34/h5-11,16,18,24-26H,12-15,17,19H2,1-4H3,(H,33,34)/b20-16+. The summed E-state index contributed by atoms with van der Waals surface area (Å²) in [6.07, 6.45) is 6.13. The van der Waals surface area contributed by atoms with E-state index in [1.165, 1.54) is 17.3 Å². The van der Waals surface area contributed by atoms with Crippen molar-refractivity contribution in [1.29, 1.82) is 0 Å². The van der Waals surface area contributed by atoms with Crippen LogP contribution in [0, 0.1) is 5.92 Å². The zero-order chi connectivity index (χ0) is 25.9. The van der Waals surface area contributed by atoms with Crippen molar-refractivity contribution in [3.05, 3.63) is 71.1 Å². The molecule has 2 atom stereocenters. The lowest BCUT2D eigenvalue weighted by Crippen LogP contribution is -2.50. The Morgan fingerprint density at radius 3 is 2.42 bits per heavy atom. The van der Waals surface area contributed by atoms with Gasteiger partial charge >= 0.3 is 12.1 Å². The Morgan fingerprint density at radius 2 is 1.83 bits per heavy atom. The number of amides is 1. The molecule has 1 saturated carbocycles. The van der Waals surface area contributed by atoms with Crippen molar-refractivity contribution < 1.29 is 19.4 Å². The van der Waals surface area contributed by atoms with Gasteiger partial charge in [0.05, 0.1) is 11.3 Å². The van der Waals surface area contributed by atoms with E-state index in [0.29, 0.717) is 12.5 Å². The molecule has 0 spiro atoms. The average molecular weight is 492 g/mol. The number of aromatic carboxylic acids is 1. The number of nitrogens with zero attached hydrogens (tertiary/aromatic N) is 3. The first kappa shape index (κ1) is 25.9. The van der Waals surface area contributed by atoms with Crippen LogP contribution in [0.5, 0.6) is 0 Å². The van der Waals surface area contributed by atoms with Gasteiger partial charge in [0.15, 0.2) is 0 Å². The molecule has 2 heterocycles. The van der Waals surface area contributed by atoms with E-state index >= 15 is 0 Å². The highest BCUT2D eigenvalue weighted by Crippen LogP contribution is 2.44. The van der Waals surface area contributed by atoms with Gasteiger partial charge in [0.2, 0.25) is 0 Å². The summed E-state index contributed by atoms with van der Waals surface area (Å²) in [5, 5.41) is 9.07. The van der Waals surface area contributed by atoms with E-state index in [4.69, 9.17) is 9.84 Å². The molecule has 2 aliphatic rings. The number of likely N-dealkylation sites (tertiary alicyclic amines) is 1. The average Bonchev–Trinajstić information content (AvgIpc) is 3.61. The lowest BCUT2D eigenvalue weighted by atomic mass is 10.0. The maximum Gasteiger partial charge on any atom is 0.410 e. The van der Waals surface area contributed by atoms with E-state index in [1.807, 2.05) is 43.9 Å². The van der Waals surface area contributed by atoms with Crippen LogP contribution in [0.25, 0.3) is 6.08 Å². The molecule has 1 amide bonds. The predicted octanol–water partition coefficient (Wildman–Crippen LogP) is 5.47. The molecule has 36 heavy (non-hydrogen) atoms. The molecule has 1 aliphatic carbocycles. The van der Waals surface area contributed by atoms with Crippen molar-refractivity contribution in [2.45, 2.75) is 71.2 Å². The van der Waals surface area contributed by atoms with Crippen molar-refractivity contribution in [2.24, 2.45) is 5.92 Å². The molecule has 2 unspecified atom stereocenters. The van der Waals surface area contributed by atoms with Crippen LogP contribution in [0.3, 0.4) is 0 Å². The fraction of sp³-hybridized carbons (Fsp3) is 0.483. The molecule has 0 bridgehead atoms. The van der Waals surface area contributed by atoms with E-state index in [0.717, 1.165) is 38.0 Å². The second-order valence-corrected chi connectivity index (χ2v) is 10.9. The third-order valence-corrected chi connectivity index (χ3v) is 6.90. The number of pyridine rings is 1. The molecule has 2 aromatic rings. The Kier molecular flexibility index (Phi) is 7.79. The highest BCUT2D eigenvalue weighted by atomic mass is 16.6. The van der Waals surface area contributed by atoms with Gasteiger partial charge in [0, 0.05) is 43.8 Å². The van der Waals surface area contributed by atoms with Gasteiger partial charge in [-0.3, -0.25) is 9.88 Å². The van der Waals surface area contributed by atoms with E-state index < -0.39 is 11.6 Å². The van der Waals surface area contributed by atoms with Gasteiger partial charge in [-0.1, -0.05) is 42.0 Å². The molecule has 4 rings (SSSR count). The van der Waals surface area contributed by atoms with E-state index in [1.54, 1.807) is 12.1 Å². The number of carbonyl (C=O) groups excluding carboxylic acids is 1. The number of carboxylic acid groups (broad SMARTS) is 1. The molecule has 1 aromatic carbocycles. The Morgan fingerprint density at radius 1 is 1.14 bits per heavy atom. The third-order valence-electron chi connectivity index (χ3n) is 6.90. The monoisotopic (exact) mass is 491 g/mol. The summed E-state index contributed by atoms with van der Waals surface area (Å²) in [5.41, 5.74) is 2.99. The largest absolute Gasteiger partial charge is 0.478 e. The molecule has 2 fully saturated rings. The van der Waals surface area contributed by atoms with E-state index in [9.17, 15) is 9.59 Å². The second kappa shape index (κ2) is 10.8. The number of aromatic nitrogens is 1. The summed E-state index contributed by atoms with van der Waals surface area (Å²) >= 11 is 0. The smallest absolute Gasteiger partial charge is 0.410 e. The highest BCUT2D eigenvalue weighted by molar-refractivity contribution is 5.87. The maximum atomic E-state index is 13.3. The fourth-order valence-corrected chi connectivity index (χ4v) is 5.00. The fourth-order valence-electron chi connectivity index (χ4n) is 5.00. The van der Waals surface area contributed by atoms with Crippen LogP contribution >= 0.6 is 0 Å². The lowest BCUT2D eigenvalue weighted by Gasteiger charge is -2.39. The summed E-state index contributed by atoms with van der Waals surface area (Å²) in [4.78, 5) is 33.0. The molecule has 1 aliphatic heterocycles. The van der Waals surface area contributed by atoms with E-state index in [2.05, 4.69) is 35.0 Å². The summed E-state index contributed by atoms with van der Waals surface area (Å²) in [5.74, 6) is -0.614. The van der Waals surface area contributed by atoms with Crippen LogP contribution in [-0.2, 0) is 11.3 Å². The van der Waals surface area contributed by atoms with Gasteiger partial charge < -0.3 is 14.7 Å². The molecule has 7 nitrogen and oxygen atoms in total. The van der Waals surface area contributed by atoms with Crippen LogP contribution in [0.2, 0.25) is 0 Å². The molecule has 7 heteroatoms. The van der Waals surface area contributed by atoms with Crippen molar-refractivity contribution in [2.75, 3.05) is 13.1 Å². The van der Waals surface area contributed by atoms with Crippen LogP contribution < -0.4 is 0 Å². The zero-order valence-electron chi connectivity index (χ0n) is 21.7. The molecule has 192 valence electrons. The predicted molar refractivity (Wildman–Crippen MR) is 140 cm³/mol. The van der Waals surface area contributed by atoms with E-state index in [-0.39, 0.29) is 23.7 Å². The topological polar surface area (TPSA) is 83.0 Å². The number of rotatable bonds is 7. The summed E-state index contributed by atoms with van der Waals surface area (Å²) in [7, 11) is 0. The first-order valence-corrected chi connectivity index (χ1v) is 12.8. The van der Waals surface area contributed by atoms with Crippen molar-refractivity contribution >= 4 is 18.1 Å². The minimum Gasteiger partial charge on any atom is -0.478 e. The lowest BCUT2D eigenvalue weighted by molar-refractivity contribution is 0.00437. The number of ether oxygens (including phenoxy) is 1. The van der Waals surface area contributed by atoms with Gasteiger partial charge in [-0.05, 0) is 64.7 Å². The number of benzene rings is 1. The molecular weight excluding hydrogens is 454 g/mol. The van der Waals surface area contributed by atoms with Crippen LogP contribution in [0.15, 0.2) is 54.2 Å². The normalized spacial score (nSPS) is 21.2. The zero-order valence-corrected chi connectivity index (χ0v) is 21.7. The number of hydrogen-bond donors (Lipinski definition) is 1. The van der Waals surface area contributed by atoms with Crippen LogP contribution in [0.1, 0.15) is 68.6 Å². The molecule has 1 saturated heterocycles. The van der Waals surface area contributed by atoms with Gasteiger partial charge in [0.25, 0.3) is 0 Å². The minimum atomic E-state index is -0.968. The Bertz CT molecular complexity index is 1080. The first-order valence-electron chi connectivity index (χ1n) is 12.8. The molecule has 0 radical (unpaired) electrons. The minimum absolute atomic E-state index is 0.137. The Hall–Kier alpha value is -3.19. The van der Waals surface area contributed by atoms with Crippen molar-refractivity contribution in [3.8, 4) is 0 Å². The third kappa shape index (κ3) is 6.72. The van der Waals surface area contributed by atoms with Crippen LogP contribution in [-0.4, -0.2) is 62.7 Å². The molecule has 1 N–H and O–H groups in total. The second-order valence-electron chi connectivity index (χ2n) is 10.9. The highest BCUT2D eigenvalue weighted by Gasteiger charge is 2.48. The Balaban J connectivity index is 1.41. The Labute approximate surface area is 213 Å². The van der Waals surface area contributed by atoms with Gasteiger partial charge in [0.1, 0.15) is 5.60 Å². The van der Waals surface area contributed by atoms with Gasteiger partial charge in [-0.25, -0.2) is 9.59 Å². The summed E-state index contributed by atoms with van der Waals surface area (Å²) in [6.45, 7) is 10.3. The van der Waals surface area contributed by atoms with Crippen molar-refractivity contribution in [3.63, 3.8) is 0 Å². The van der Waals surface area contributed by atoms with Gasteiger partial charge in [-0.15, -0.1) is 0 Å². The number of piperidine rings is 1. The van der Waals surface area contributed by atoms with Gasteiger partial charge in [-0.2, -0.15) is 0 Å². The first-order chi connectivity index (χ1) is 17.1. The quantitative estimate of drug-likeness (QED) is 0.553. The maximum absolute atomic E-state index is 13.3. The van der Waals surface area contributed by atoms with Crippen LogP contribution in [0.4, 0.5) is 4.79 Å². The number of carboxylic acids is 1. The SMILES string of the molecule is C/C(=C\c1ccccc1)C1CC1N(C(=O)OC(C)(C)C)C1CCN(Cc2ccc(C(=O)O)cn2)CC1. The van der Waals surface area contributed by atoms with Crippen molar-refractivity contribution in [1.82, 2.24) is 14.8 Å². The number of hydrogen-bond acceptors (Lipinski definition) is 5. The molecular formula is C29H37N3O4.